The van der Waals surface area contributed by atoms with Crippen LogP contribution in [-0.4, -0.2) is 45.8 Å². The minimum atomic E-state index is 0. The quantitative estimate of drug-likeness (QED) is 0.265. The summed E-state index contributed by atoms with van der Waals surface area (Å²) < 4.78 is 2.34. The lowest BCUT2D eigenvalue weighted by atomic mass is 10.1. The molecule has 7 heteroatoms. The van der Waals surface area contributed by atoms with Crippen molar-refractivity contribution < 1.29 is 0 Å². The molecule has 1 aromatic carbocycles. The Labute approximate surface area is 192 Å². The van der Waals surface area contributed by atoms with E-state index >= 15 is 0 Å². The van der Waals surface area contributed by atoms with Crippen LogP contribution in [0.25, 0.3) is 0 Å². The number of hydrogen-bond donors (Lipinski definition) is 1. The molecule has 0 spiro atoms. The first-order chi connectivity index (χ1) is 13.7. The highest BCUT2D eigenvalue weighted by molar-refractivity contribution is 14.0. The van der Waals surface area contributed by atoms with E-state index in [9.17, 15) is 0 Å². The number of nitrogens with zero attached hydrogens (tertiary/aromatic N) is 5. The van der Waals surface area contributed by atoms with E-state index < -0.39 is 0 Å². The molecule has 0 bridgehead atoms. The lowest BCUT2D eigenvalue weighted by molar-refractivity contribution is 0.475. The van der Waals surface area contributed by atoms with Crippen molar-refractivity contribution in [3.05, 3.63) is 47.0 Å². The number of benzene rings is 1. The number of aryl methyl sites for hydroxylation is 3. The van der Waals surface area contributed by atoms with Gasteiger partial charge >= 0.3 is 0 Å². The van der Waals surface area contributed by atoms with E-state index in [1.54, 1.807) is 0 Å². The van der Waals surface area contributed by atoms with Crippen molar-refractivity contribution in [2.24, 2.45) is 4.99 Å². The van der Waals surface area contributed by atoms with Gasteiger partial charge in [0.25, 0.3) is 0 Å². The molecule has 0 saturated carbocycles. The SMILES string of the molecule is CCNC(=NCCCc1nnc2n1CCCCC2)N(C)Cc1ccccc1C.I. The summed E-state index contributed by atoms with van der Waals surface area (Å²) in [4.78, 5) is 7.05. The molecule has 0 amide bonds. The summed E-state index contributed by atoms with van der Waals surface area (Å²) >= 11 is 0. The fourth-order valence-corrected chi connectivity index (χ4v) is 3.74. The molecule has 3 rings (SSSR count). The Morgan fingerprint density at radius 3 is 2.83 bits per heavy atom. The highest BCUT2D eigenvalue weighted by Gasteiger charge is 2.14. The number of aliphatic imine (C=N–C) groups is 1. The van der Waals surface area contributed by atoms with E-state index in [-0.39, 0.29) is 24.0 Å². The van der Waals surface area contributed by atoms with Crippen molar-refractivity contribution in [2.75, 3.05) is 20.1 Å². The smallest absolute Gasteiger partial charge is 0.193 e. The van der Waals surface area contributed by atoms with Gasteiger partial charge < -0.3 is 14.8 Å². The number of hydrogen-bond acceptors (Lipinski definition) is 3. The minimum absolute atomic E-state index is 0. The second-order valence-corrected chi connectivity index (χ2v) is 7.62. The summed E-state index contributed by atoms with van der Waals surface area (Å²) in [6.45, 7) is 7.87. The molecule has 2 aromatic rings. The second-order valence-electron chi connectivity index (χ2n) is 7.62. The van der Waals surface area contributed by atoms with E-state index in [0.29, 0.717) is 0 Å². The van der Waals surface area contributed by atoms with Gasteiger partial charge in [-0.05, 0) is 44.2 Å². The lowest BCUT2D eigenvalue weighted by Crippen LogP contribution is -2.38. The standard InChI is InChI=1S/C22H34N6.HI/c1-4-23-22(27(3)17-19-12-8-7-11-18(19)2)24-15-10-14-21-26-25-20-13-6-5-9-16-28(20)21;/h7-8,11-12H,4-6,9-10,13-17H2,1-3H3,(H,23,24);1H. The van der Waals surface area contributed by atoms with Gasteiger partial charge in [0.05, 0.1) is 0 Å². The Morgan fingerprint density at radius 2 is 2.03 bits per heavy atom. The van der Waals surface area contributed by atoms with Crippen molar-refractivity contribution in [3.63, 3.8) is 0 Å². The molecule has 160 valence electrons. The van der Waals surface area contributed by atoms with Crippen LogP contribution in [0.4, 0.5) is 0 Å². The van der Waals surface area contributed by atoms with Gasteiger partial charge in [-0.15, -0.1) is 34.2 Å². The van der Waals surface area contributed by atoms with Crippen LogP contribution >= 0.6 is 24.0 Å². The molecular formula is C22H35IN6. The fourth-order valence-electron chi connectivity index (χ4n) is 3.74. The Morgan fingerprint density at radius 1 is 1.21 bits per heavy atom. The summed E-state index contributed by atoms with van der Waals surface area (Å²) in [5.41, 5.74) is 2.65. The topological polar surface area (TPSA) is 58.3 Å². The van der Waals surface area contributed by atoms with Gasteiger partial charge in [-0.1, -0.05) is 30.7 Å². The number of nitrogens with one attached hydrogen (secondary N) is 1. The Bertz CT molecular complexity index is 785. The van der Waals surface area contributed by atoms with E-state index in [4.69, 9.17) is 4.99 Å². The Kier molecular flexibility index (Phi) is 9.90. The predicted octanol–water partition coefficient (Wildman–Crippen LogP) is 3.96. The van der Waals surface area contributed by atoms with Gasteiger partial charge in [0, 0.05) is 46.1 Å². The molecule has 0 atom stereocenters. The number of fused-ring (bicyclic) bond motifs is 1. The third kappa shape index (κ3) is 6.69. The summed E-state index contributed by atoms with van der Waals surface area (Å²) in [5.74, 6) is 3.26. The summed E-state index contributed by atoms with van der Waals surface area (Å²) in [7, 11) is 2.10. The zero-order chi connectivity index (χ0) is 19.8. The largest absolute Gasteiger partial charge is 0.357 e. The van der Waals surface area contributed by atoms with Crippen LogP contribution in [0.1, 0.15) is 55.4 Å². The van der Waals surface area contributed by atoms with E-state index in [1.165, 1.54) is 36.2 Å². The van der Waals surface area contributed by atoms with Crippen LogP contribution in [0.5, 0.6) is 0 Å². The van der Waals surface area contributed by atoms with Crippen LogP contribution in [0, 0.1) is 6.92 Å². The number of guanidine groups is 1. The van der Waals surface area contributed by atoms with E-state index in [0.717, 1.165) is 57.2 Å². The molecule has 29 heavy (non-hydrogen) atoms. The normalized spacial score (nSPS) is 14.0. The highest BCUT2D eigenvalue weighted by Crippen LogP contribution is 2.15. The first kappa shape index (κ1) is 23.6. The van der Waals surface area contributed by atoms with Crippen LogP contribution in [0.2, 0.25) is 0 Å². The maximum Gasteiger partial charge on any atom is 0.193 e. The van der Waals surface area contributed by atoms with E-state index in [1.807, 2.05) is 0 Å². The maximum absolute atomic E-state index is 4.84. The van der Waals surface area contributed by atoms with E-state index in [2.05, 4.69) is 70.1 Å². The monoisotopic (exact) mass is 510 g/mol. The zero-order valence-electron chi connectivity index (χ0n) is 18.0. The molecule has 0 fully saturated rings. The van der Waals surface area contributed by atoms with Gasteiger partial charge in [0.2, 0.25) is 0 Å². The number of aromatic nitrogens is 3. The average molecular weight is 510 g/mol. The molecule has 1 aliphatic heterocycles. The van der Waals surface area contributed by atoms with Crippen LogP contribution < -0.4 is 5.32 Å². The minimum Gasteiger partial charge on any atom is -0.357 e. The molecule has 0 radical (unpaired) electrons. The summed E-state index contributed by atoms with van der Waals surface area (Å²) in [6, 6.07) is 8.53. The molecule has 0 aliphatic carbocycles. The highest BCUT2D eigenvalue weighted by atomic mass is 127. The third-order valence-electron chi connectivity index (χ3n) is 5.37. The van der Waals surface area contributed by atoms with Gasteiger partial charge in [-0.3, -0.25) is 4.99 Å². The first-order valence-electron chi connectivity index (χ1n) is 10.6. The first-order valence-corrected chi connectivity index (χ1v) is 10.6. The number of halogens is 1. The lowest BCUT2D eigenvalue weighted by Gasteiger charge is -2.23. The third-order valence-corrected chi connectivity index (χ3v) is 5.37. The zero-order valence-corrected chi connectivity index (χ0v) is 20.4. The average Bonchev–Trinajstić information content (AvgIpc) is 2.92. The molecule has 6 nitrogen and oxygen atoms in total. The Balaban J connectivity index is 0.00000300. The molecule has 1 aliphatic rings. The molecule has 2 heterocycles. The fraction of sp³-hybridized carbons (Fsp3) is 0.591. The van der Waals surface area contributed by atoms with Gasteiger partial charge in [-0.2, -0.15) is 0 Å². The van der Waals surface area contributed by atoms with Gasteiger partial charge in [0.15, 0.2) is 5.96 Å². The second kappa shape index (κ2) is 12.1. The van der Waals surface area contributed by atoms with Crippen molar-refractivity contribution in [1.82, 2.24) is 25.0 Å². The Hall–Kier alpha value is -1.64. The van der Waals surface area contributed by atoms with Gasteiger partial charge in [-0.25, -0.2) is 0 Å². The molecule has 1 aromatic heterocycles. The van der Waals surface area contributed by atoms with Crippen LogP contribution in [0.3, 0.4) is 0 Å². The van der Waals surface area contributed by atoms with Gasteiger partial charge in [0.1, 0.15) is 11.6 Å². The molecule has 1 N–H and O–H groups in total. The van der Waals surface area contributed by atoms with Crippen molar-refractivity contribution in [1.29, 1.82) is 0 Å². The molecular weight excluding hydrogens is 475 g/mol. The van der Waals surface area contributed by atoms with Crippen molar-refractivity contribution in [3.8, 4) is 0 Å². The van der Waals surface area contributed by atoms with Crippen LogP contribution in [0.15, 0.2) is 29.3 Å². The van der Waals surface area contributed by atoms with Crippen LogP contribution in [-0.2, 0) is 25.9 Å². The van der Waals surface area contributed by atoms with Crippen molar-refractivity contribution >= 4 is 29.9 Å². The molecule has 0 saturated heterocycles. The predicted molar refractivity (Wildman–Crippen MR) is 130 cm³/mol. The number of rotatable bonds is 7. The maximum atomic E-state index is 4.84. The summed E-state index contributed by atoms with van der Waals surface area (Å²) in [6.07, 6.45) is 6.78. The van der Waals surface area contributed by atoms with Crippen molar-refractivity contribution in [2.45, 2.75) is 65.5 Å². The summed E-state index contributed by atoms with van der Waals surface area (Å²) in [5, 5.41) is 12.2. The molecule has 0 unspecified atom stereocenters.